The molecular weight excluding hydrogens is 250 g/mol. The number of hydrogen-bond donors (Lipinski definition) is 1. The molecule has 0 spiro atoms. The second kappa shape index (κ2) is 5.79. The van der Waals surface area contributed by atoms with Crippen molar-refractivity contribution in [3.8, 4) is 12.3 Å². The first-order valence-electron chi connectivity index (χ1n) is 5.54. The van der Waals surface area contributed by atoms with Crippen LogP contribution in [0.1, 0.15) is 26.3 Å². The number of anilines is 1. The zero-order chi connectivity index (χ0) is 13.8. The number of carbonyl (C=O) groups is 1. The van der Waals surface area contributed by atoms with Crippen LogP contribution in [-0.4, -0.2) is 11.7 Å². The molecule has 0 unspecified atom stereocenters. The molecule has 1 amide bonds. The highest BCUT2D eigenvalue weighted by Gasteiger charge is 2.17. The van der Waals surface area contributed by atoms with E-state index in [0.717, 1.165) is 5.56 Å². The van der Waals surface area contributed by atoms with Gasteiger partial charge in [-0.15, -0.1) is 12.3 Å². The molecule has 96 valence electrons. The van der Waals surface area contributed by atoms with Crippen molar-refractivity contribution in [1.82, 2.24) is 0 Å². The van der Waals surface area contributed by atoms with Gasteiger partial charge >= 0.3 is 6.09 Å². The second-order valence-corrected chi connectivity index (χ2v) is 5.25. The van der Waals surface area contributed by atoms with Gasteiger partial charge in [0.15, 0.2) is 0 Å². The minimum absolute atomic E-state index is 0.395. The first kappa shape index (κ1) is 14.4. The Balaban J connectivity index is 2.84. The number of halogens is 1. The van der Waals surface area contributed by atoms with Gasteiger partial charge < -0.3 is 4.74 Å². The van der Waals surface area contributed by atoms with Gasteiger partial charge in [-0.3, -0.25) is 5.32 Å². The van der Waals surface area contributed by atoms with E-state index in [-0.39, 0.29) is 0 Å². The van der Waals surface area contributed by atoms with E-state index >= 15 is 0 Å². The van der Waals surface area contributed by atoms with E-state index in [9.17, 15) is 4.79 Å². The quantitative estimate of drug-likeness (QED) is 0.825. The summed E-state index contributed by atoms with van der Waals surface area (Å²) in [6.45, 7) is 5.41. The van der Waals surface area contributed by atoms with Crippen LogP contribution in [0.3, 0.4) is 0 Å². The number of nitrogens with one attached hydrogen (secondary N) is 1. The van der Waals surface area contributed by atoms with Crippen LogP contribution in [0.25, 0.3) is 0 Å². The summed E-state index contributed by atoms with van der Waals surface area (Å²) in [6.07, 6.45) is 5.16. The fourth-order valence-electron chi connectivity index (χ4n) is 1.35. The monoisotopic (exact) mass is 265 g/mol. The van der Waals surface area contributed by atoms with Crippen molar-refractivity contribution in [3.05, 3.63) is 28.8 Å². The van der Waals surface area contributed by atoms with Crippen LogP contribution < -0.4 is 5.32 Å². The van der Waals surface area contributed by atoms with Crippen LogP contribution in [0.4, 0.5) is 10.5 Å². The average Bonchev–Trinajstić information content (AvgIpc) is 2.20. The maximum absolute atomic E-state index is 11.7. The van der Waals surface area contributed by atoms with Crippen LogP contribution in [0.5, 0.6) is 0 Å². The fourth-order valence-corrected chi connectivity index (χ4v) is 1.55. The van der Waals surface area contributed by atoms with Crippen molar-refractivity contribution in [2.75, 3.05) is 5.32 Å². The van der Waals surface area contributed by atoms with Crippen molar-refractivity contribution < 1.29 is 9.53 Å². The highest BCUT2D eigenvalue weighted by atomic mass is 35.5. The Kier molecular flexibility index (Phi) is 4.63. The highest BCUT2D eigenvalue weighted by molar-refractivity contribution is 6.30. The van der Waals surface area contributed by atoms with Gasteiger partial charge in [0.25, 0.3) is 0 Å². The molecule has 1 rings (SSSR count). The van der Waals surface area contributed by atoms with Crippen LogP contribution in [0.2, 0.25) is 5.02 Å². The Labute approximate surface area is 112 Å². The molecule has 0 saturated carbocycles. The highest BCUT2D eigenvalue weighted by Crippen LogP contribution is 2.22. The normalized spacial score (nSPS) is 10.6. The van der Waals surface area contributed by atoms with E-state index in [4.69, 9.17) is 22.8 Å². The van der Waals surface area contributed by atoms with Gasteiger partial charge in [0.2, 0.25) is 0 Å². The topological polar surface area (TPSA) is 38.3 Å². The molecular formula is C14H16ClNO2. The molecule has 0 fully saturated rings. The zero-order valence-corrected chi connectivity index (χ0v) is 11.5. The summed E-state index contributed by atoms with van der Waals surface area (Å²) in [6, 6.07) is 5.13. The lowest BCUT2D eigenvalue weighted by atomic mass is 10.1. The summed E-state index contributed by atoms with van der Waals surface area (Å²) in [7, 11) is 0. The van der Waals surface area contributed by atoms with Gasteiger partial charge in [-0.1, -0.05) is 11.6 Å². The first-order valence-corrected chi connectivity index (χ1v) is 5.91. The third-order valence-corrected chi connectivity index (χ3v) is 2.23. The van der Waals surface area contributed by atoms with Gasteiger partial charge in [0.05, 0.1) is 0 Å². The van der Waals surface area contributed by atoms with Crippen molar-refractivity contribution >= 4 is 23.4 Å². The predicted molar refractivity (Wildman–Crippen MR) is 73.8 cm³/mol. The molecule has 0 aliphatic carbocycles. The van der Waals surface area contributed by atoms with Crippen molar-refractivity contribution in [1.29, 1.82) is 0 Å². The molecule has 0 radical (unpaired) electrons. The summed E-state index contributed by atoms with van der Waals surface area (Å²) in [4.78, 5) is 11.7. The van der Waals surface area contributed by atoms with E-state index in [0.29, 0.717) is 17.1 Å². The van der Waals surface area contributed by atoms with Crippen LogP contribution in [0, 0.1) is 12.3 Å². The zero-order valence-electron chi connectivity index (χ0n) is 10.7. The van der Waals surface area contributed by atoms with E-state index in [1.165, 1.54) is 0 Å². The van der Waals surface area contributed by atoms with E-state index in [2.05, 4.69) is 11.2 Å². The lowest BCUT2D eigenvalue weighted by Crippen LogP contribution is -2.27. The lowest BCUT2D eigenvalue weighted by Gasteiger charge is -2.20. The molecule has 3 nitrogen and oxygen atoms in total. The molecule has 0 aromatic heterocycles. The molecule has 18 heavy (non-hydrogen) atoms. The van der Waals surface area contributed by atoms with Crippen molar-refractivity contribution in [3.63, 3.8) is 0 Å². The summed E-state index contributed by atoms with van der Waals surface area (Å²) in [5.74, 6) is 2.52. The Bertz CT molecular complexity index is 484. The molecule has 0 aliphatic heterocycles. The summed E-state index contributed by atoms with van der Waals surface area (Å²) in [5, 5.41) is 3.24. The average molecular weight is 266 g/mol. The minimum atomic E-state index is -0.539. The van der Waals surface area contributed by atoms with Gasteiger partial charge in [0, 0.05) is 17.1 Å². The molecule has 1 N–H and O–H groups in total. The number of hydrogen-bond acceptors (Lipinski definition) is 2. The standard InChI is InChI=1S/C14H16ClNO2/c1-5-6-10-9-11(15)7-8-12(10)16-13(17)18-14(2,3)4/h1,7-9H,6H2,2-4H3,(H,16,17). The van der Waals surface area contributed by atoms with Crippen molar-refractivity contribution in [2.24, 2.45) is 0 Å². The maximum Gasteiger partial charge on any atom is 0.412 e. The van der Waals surface area contributed by atoms with E-state index < -0.39 is 11.7 Å². The third-order valence-electron chi connectivity index (χ3n) is 2.00. The number of rotatable bonds is 2. The van der Waals surface area contributed by atoms with Crippen LogP contribution in [0.15, 0.2) is 18.2 Å². The molecule has 0 atom stereocenters. The number of terminal acetylenes is 1. The number of carbonyl (C=O) groups excluding carboxylic acids is 1. The number of amides is 1. The third kappa shape index (κ3) is 4.68. The fraction of sp³-hybridized carbons (Fsp3) is 0.357. The minimum Gasteiger partial charge on any atom is -0.444 e. The predicted octanol–water partition coefficient (Wildman–Crippen LogP) is 3.86. The summed E-state index contributed by atoms with van der Waals surface area (Å²) < 4.78 is 5.17. The van der Waals surface area contributed by atoms with Gasteiger partial charge in [-0.25, -0.2) is 4.79 Å². The number of ether oxygens (including phenoxy) is 1. The van der Waals surface area contributed by atoms with Crippen LogP contribution in [-0.2, 0) is 11.2 Å². The summed E-state index contributed by atoms with van der Waals surface area (Å²) >= 11 is 5.88. The number of benzene rings is 1. The Morgan fingerprint density at radius 2 is 2.17 bits per heavy atom. The largest absolute Gasteiger partial charge is 0.444 e. The molecule has 1 aromatic rings. The molecule has 0 aliphatic rings. The molecule has 0 saturated heterocycles. The van der Waals surface area contributed by atoms with Gasteiger partial charge in [-0.2, -0.15) is 0 Å². The second-order valence-electron chi connectivity index (χ2n) is 4.81. The van der Waals surface area contributed by atoms with Crippen molar-refractivity contribution in [2.45, 2.75) is 32.8 Å². The van der Waals surface area contributed by atoms with E-state index in [1.807, 2.05) is 0 Å². The van der Waals surface area contributed by atoms with Gasteiger partial charge in [0.1, 0.15) is 5.60 Å². The Morgan fingerprint density at radius 1 is 1.50 bits per heavy atom. The van der Waals surface area contributed by atoms with Crippen LogP contribution >= 0.6 is 11.6 Å². The van der Waals surface area contributed by atoms with Gasteiger partial charge in [-0.05, 0) is 44.5 Å². The molecule has 4 heteroatoms. The lowest BCUT2D eigenvalue weighted by molar-refractivity contribution is 0.0636. The Morgan fingerprint density at radius 3 is 2.72 bits per heavy atom. The maximum atomic E-state index is 11.7. The smallest absolute Gasteiger partial charge is 0.412 e. The summed E-state index contributed by atoms with van der Waals surface area (Å²) in [5.41, 5.74) is 0.866. The van der Waals surface area contributed by atoms with E-state index in [1.54, 1.807) is 39.0 Å². The SMILES string of the molecule is C#CCc1cc(Cl)ccc1NC(=O)OC(C)(C)C. The molecule has 0 heterocycles. The Hall–Kier alpha value is -1.66. The first-order chi connectivity index (χ1) is 8.31. The molecule has 1 aromatic carbocycles. The molecule has 0 bridgehead atoms.